The van der Waals surface area contributed by atoms with Gasteiger partial charge in [-0.3, -0.25) is 0 Å². The molecule has 32 heavy (non-hydrogen) atoms. The molecule has 4 rings (SSSR count). The summed E-state index contributed by atoms with van der Waals surface area (Å²) in [6.45, 7) is 1.29. The molecule has 0 N–H and O–H groups in total. The third-order valence-corrected chi connectivity index (χ3v) is 6.78. The predicted octanol–water partition coefficient (Wildman–Crippen LogP) is 6.29. The van der Waals surface area contributed by atoms with E-state index in [0.29, 0.717) is 50.0 Å². The number of hydrogen-bond acceptors (Lipinski definition) is 4. The SMILES string of the molecule is Fc1cc(OC(F)(F)C2CCC(C3OCC(C4CCC4)CO3)CC2)ccc1OC(F)(F)F. The first-order valence-electron chi connectivity index (χ1n) is 11.0. The van der Waals surface area contributed by atoms with Gasteiger partial charge in [0, 0.05) is 17.9 Å². The van der Waals surface area contributed by atoms with Gasteiger partial charge in [-0.25, -0.2) is 4.39 Å². The molecular formula is C22H26F6O4. The van der Waals surface area contributed by atoms with Gasteiger partial charge in [-0.15, -0.1) is 13.2 Å². The molecule has 1 aromatic carbocycles. The summed E-state index contributed by atoms with van der Waals surface area (Å²) in [7, 11) is 0. The van der Waals surface area contributed by atoms with Gasteiger partial charge in [-0.2, -0.15) is 8.78 Å². The number of benzene rings is 1. The van der Waals surface area contributed by atoms with E-state index in [2.05, 4.69) is 9.47 Å². The van der Waals surface area contributed by atoms with E-state index in [1.807, 2.05) is 0 Å². The van der Waals surface area contributed by atoms with Gasteiger partial charge in [0.25, 0.3) is 0 Å². The van der Waals surface area contributed by atoms with E-state index in [-0.39, 0.29) is 25.0 Å². The summed E-state index contributed by atoms with van der Waals surface area (Å²) in [6, 6.07) is 1.90. The van der Waals surface area contributed by atoms with Crippen molar-refractivity contribution >= 4 is 0 Å². The van der Waals surface area contributed by atoms with Crippen LogP contribution < -0.4 is 9.47 Å². The molecule has 1 aliphatic heterocycles. The first kappa shape index (κ1) is 23.5. The Kier molecular flexibility index (Phi) is 6.81. The molecule has 0 aromatic heterocycles. The first-order chi connectivity index (χ1) is 15.1. The maximum Gasteiger partial charge on any atom is 0.573 e. The summed E-state index contributed by atoms with van der Waals surface area (Å²) in [5.74, 6) is -3.10. The molecule has 0 unspecified atom stereocenters. The molecule has 2 aliphatic carbocycles. The van der Waals surface area contributed by atoms with Crippen molar-refractivity contribution in [2.45, 2.75) is 63.7 Å². The minimum atomic E-state index is -5.09. The van der Waals surface area contributed by atoms with Crippen LogP contribution in [0, 0.1) is 29.5 Å². The zero-order valence-corrected chi connectivity index (χ0v) is 17.4. The van der Waals surface area contributed by atoms with E-state index >= 15 is 0 Å². The highest BCUT2D eigenvalue weighted by Crippen LogP contribution is 2.43. The fourth-order valence-corrected chi connectivity index (χ4v) is 4.71. The minimum Gasteiger partial charge on any atom is -0.432 e. The van der Waals surface area contributed by atoms with Crippen LogP contribution in [0.1, 0.15) is 44.9 Å². The monoisotopic (exact) mass is 468 g/mol. The van der Waals surface area contributed by atoms with Crippen molar-refractivity contribution < 1.29 is 45.3 Å². The smallest absolute Gasteiger partial charge is 0.432 e. The van der Waals surface area contributed by atoms with E-state index in [9.17, 15) is 26.3 Å². The highest BCUT2D eigenvalue weighted by Gasteiger charge is 2.46. The van der Waals surface area contributed by atoms with Gasteiger partial charge in [-0.05, 0) is 43.7 Å². The Morgan fingerprint density at radius 3 is 1.97 bits per heavy atom. The summed E-state index contributed by atoms with van der Waals surface area (Å²) < 4.78 is 99.6. The summed E-state index contributed by atoms with van der Waals surface area (Å²) in [6.07, 6.45) is -4.07. The van der Waals surface area contributed by atoms with Gasteiger partial charge in [0.1, 0.15) is 5.75 Å². The zero-order chi connectivity index (χ0) is 22.9. The molecule has 2 saturated carbocycles. The molecule has 1 saturated heterocycles. The van der Waals surface area contributed by atoms with Crippen molar-refractivity contribution in [3.8, 4) is 11.5 Å². The minimum absolute atomic E-state index is 0.0284. The van der Waals surface area contributed by atoms with Gasteiger partial charge >= 0.3 is 12.5 Å². The van der Waals surface area contributed by atoms with E-state index in [0.717, 1.165) is 6.07 Å². The van der Waals surface area contributed by atoms with Crippen molar-refractivity contribution in [2.75, 3.05) is 13.2 Å². The summed E-state index contributed by atoms with van der Waals surface area (Å²) in [5.41, 5.74) is 0. The quantitative estimate of drug-likeness (QED) is 0.460. The van der Waals surface area contributed by atoms with Crippen molar-refractivity contribution in [2.24, 2.45) is 23.7 Å². The summed E-state index contributed by atoms with van der Waals surface area (Å²) in [4.78, 5) is 0. The highest BCUT2D eigenvalue weighted by atomic mass is 19.4. The second kappa shape index (κ2) is 9.29. The summed E-state index contributed by atoms with van der Waals surface area (Å²) >= 11 is 0. The zero-order valence-electron chi connectivity index (χ0n) is 17.4. The molecule has 10 heteroatoms. The Morgan fingerprint density at radius 1 is 0.781 bits per heavy atom. The Labute approximate surface area is 182 Å². The van der Waals surface area contributed by atoms with Gasteiger partial charge < -0.3 is 18.9 Å². The van der Waals surface area contributed by atoms with Crippen LogP contribution in [0.3, 0.4) is 0 Å². The number of rotatable bonds is 6. The lowest BCUT2D eigenvalue weighted by atomic mass is 9.76. The largest absolute Gasteiger partial charge is 0.573 e. The Bertz CT molecular complexity index is 766. The summed E-state index contributed by atoms with van der Waals surface area (Å²) in [5, 5.41) is 0. The molecule has 1 heterocycles. The first-order valence-corrected chi connectivity index (χ1v) is 11.0. The van der Waals surface area contributed by atoms with Crippen LogP contribution in [-0.4, -0.2) is 32.0 Å². The van der Waals surface area contributed by atoms with Crippen LogP contribution in [0.5, 0.6) is 11.5 Å². The third kappa shape index (κ3) is 5.62. The number of halogens is 6. The molecule has 0 amide bonds. The van der Waals surface area contributed by atoms with Crippen LogP contribution in [0.25, 0.3) is 0 Å². The van der Waals surface area contributed by atoms with E-state index in [4.69, 9.17) is 9.47 Å². The maximum absolute atomic E-state index is 14.6. The lowest BCUT2D eigenvalue weighted by molar-refractivity contribution is -0.275. The highest BCUT2D eigenvalue weighted by molar-refractivity contribution is 5.33. The molecule has 180 valence electrons. The second-order valence-electron chi connectivity index (χ2n) is 8.90. The fourth-order valence-electron chi connectivity index (χ4n) is 4.71. The van der Waals surface area contributed by atoms with Crippen molar-refractivity contribution in [1.82, 2.24) is 0 Å². The number of ether oxygens (including phenoxy) is 4. The molecule has 0 bridgehead atoms. The fraction of sp³-hybridized carbons (Fsp3) is 0.727. The standard InChI is InChI=1S/C22H26F6O4/c23-18-10-17(8-9-19(18)32-22(26,27)28)31-21(24,25)16-6-4-14(5-7-16)20-29-11-15(12-30-20)13-2-1-3-13/h8-10,13-16,20H,1-7,11-12H2. The predicted molar refractivity (Wildman–Crippen MR) is 101 cm³/mol. The van der Waals surface area contributed by atoms with Crippen LogP contribution in [0.15, 0.2) is 18.2 Å². The van der Waals surface area contributed by atoms with E-state index in [1.54, 1.807) is 0 Å². The van der Waals surface area contributed by atoms with Crippen LogP contribution in [0.2, 0.25) is 0 Å². The molecule has 1 aromatic rings. The Morgan fingerprint density at radius 2 is 1.44 bits per heavy atom. The molecule has 3 fully saturated rings. The second-order valence-corrected chi connectivity index (χ2v) is 8.90. The van der Waals surface area contributed by atoms with Crippen LogP contribution in [0.4, 0.5) is 26.3 Å². The van der Waals surface area contributed by atoms with Crippen molar-refractivity contribution in [3.63, 3.8) is 0 Å². The van der Waals surface area contributed by atoms with Gasteiger partial charge in [0.15, 0.2) is 17.9 Å². The molecule has 0 atom stereocenters. The number of alkyl halides is 5. The van der Waals surface area contributed by atoms with Gasteiger partial charge in [0.2, 0.25) is 0 Å². The van der Waals surface area contributed by atoms with Crippen molar-refractivity contribution in [1.29, 1.82) is 0 Å². The normalized spacial score (nSPS) is 29.9. The third-order valence-electron chi connectivity index (χ3n) is 6.78. The molecular weight excluding hydrogens is 442 g/mol. The Hall–Kier alpha value is -1.68. The van der Waals surface area contributed by atoms with Crippen LogP contribution >= 0.6 is 0 Å². The molecule has 3 aliphatic rings. The lowest BCUT2D eigenvalue weighted by Crippen LogP contribution is -2.44. The average Bonchev–Trinajstić information content (AvgIpc) is 2.68. The molecule has 0 radical (unpaired) electrons. The lowest BCUT2D eigenvalue weighted by Gasteiger charge is -2.42. The molecule has 0 spiro atoms. The number of hydrogen-bond donors (Lipinski definition) is 0. The van der Waals surface area contributed by atoms with Gasteiger partial charge in [0.05, 0.1) is 19.1 Å². The molecule has 4 nitrogen and oxygen atoms in total. The van der Waals surface area contributed by atoms with Crippen LogP contribution in [-0.2, 0) is 9.47 Å². The Balaban J connectivity index is 1.27. The maximum atomic E-state index is 14.6. The van der Waals surface area contributed by atoms with E-state index < -0.39 is 35.7 Å². The topological polar surface area (TPSA) is 36.9 Å². The van der Waals surface area contributed by atoms with Crippen molar-refractivity contribution in [3.05, 3.63) is 24.0 Å². The van der Waals surface area contributed by atoms with Gasteiger partial charge in [-0.1, -0.05) is 19.3 Å². The van der Waals surface area contributed by atoms with E-state index in [1.165, 1.54) is 19.3 Å². The average molecular weight is 468 g/mol.